The lowest BCUT2D eigenvalue weighted by Gasteiger charge is -2.28. The highest BCUT2D eigenvalue weighted by Crippen LogP contribution is 2.38. The fourth-order valence-corrected chi connectivity index (χ4v) is 13.4. The van der Waals surface area contributed by atoms with Crippen molar-refractivity contribution < 1.29 is 42.1 Å². The third-order valence-electron chi connectivity index (χ3n) is 18.9. The highest BCUT2D eigenvalue weighted by atomic mass is 31.2. The first kappa shape index (κ1) is 90.5. The second kappa shape index (κ2) is 73.7. The van der Waals surface area contributed by atoms with Gasteiger partial charge in [-0.1, -0.05) is 385 Å². The Bertz CT molecular complexity index is 1600. The number of carbonyl (C=O) groups is 2. The van der Waals surface area contributed by atoms with Crippen molar-refractivity contribution in [1.82, 2.24) is 0 Å². The number of hydrogen-bond donors (Lipinski definition) is 0. The van der Waals surface area contributed by atoms with Gasteiger partial charge in [0.1, 0.15) is 19.8 Å². The van der Waals surface area contributed by atoms with E-state index in [0.29, 0.717) is 17.4 Å². The van der Waals surface area contributed by atoms with Gasteiger partial charge >= 0.3 is 11.9 Å². The van der Waals surface area contributed by atoms with Crippen LogP contribution in [0.1, 0.15) is 438 Å². The van der Waals surface area contributed by atoms with Crippen molar-refractivity contribution in [2.45, 2.75) is 444 Å². The Morgan fingerprint density at radius 1 is 0.326 bits per heavy atom. The van der Waals surface area contributed by atoms with E-state index in [2.05, 4.69) is 38.2 Å². The van der Waals surface area contributed by atoms with Crippen molar-refractivity contribution >= 4 is 19.8 Å². The Balaban J connectivity index is 3.88. The van der Waals surface area contributed by atoms with Gasteiger partial charge in [-0.2, -0.15) is 0 Å². The van der Waals surface area contributed by atoms with Gasteiger partial charge in [-0.05, 0) is 64.2 Å². The molecule has 92 heavy (non-hydrogen) atoms. The monoisotopic (exact) mass is 1320 g/mol. The van der Waals surface area contributed by atoms with E-state index in [4.69, 9.17) is 18.5 Å². The predicted molar refractivity (Wildman–Crippen MR) is 398 cm³/mol. The number of allylic oxidation sites excluding steroid dienone is 4. The largest absolute Gasteiger partial charge is 0.756 e. The Morgan fingerprint density at radius 2 is 0.554 bits per heavy atom. The zero-order valence-corrected chi connectivity index (χ0v) is 63.4. The van der Waals surface area contributed by atoms with Gasteiger partial charge in [0, 0.05) is 12.8 Å². The number of esters is 2. The standard InChI is InChI=1S/C82H160NO8P/c1-6-8-10-12-14-16-18-20-22-24-26-28-30-32-34-36-38-39-40-41-42-43-45-47-49-51-53-55-57-59-61-63-65-67-69-71-73-75-82(85)91-80(79-90-92(86,87)89-77-76-83(3,4)5)78-88-81(84)74-72-70-68-66-64-62-60-58-56-54-52-50-48-46-44-37-35-33-31-29-27-25-23-21-19-17-15-13-11-9-7-2/h24-27,80H,6-23,28-79H2,1-5H3/b26-24-,27-25-. The van der Waals surface area contributed by atoms with Crippen molar-refractivity contribution in [3.05, 3.63) is 24.3 Å². The van der Waals surface area contributed by atoms with E-state index >= 15 is 0 Å². The van der Waals surface area contributed by atoms with Crippen molar-refractivity contribution in [3.8, 4) is 0 Å². The number of carbonyl (C=O) groups excluding carboxylic acids is 2. The minimum absolute atomic E-state index is 0.0264. The summed E-state index contributed by atoms with van der Waals surface area (Å²) < 4.78 is 34.4. The molecule has 0 heterocycles. The molecule has 0 aromatic heterocycles. The molecule has 0 spiro atoms. The lowest BCUT2D eigenvalue weighted by molar-refractivity contribution is -0.870. The van der Waals surface area contributed by atoms with E-state index in [0.717, 1.165) is 32.1 Å². The Hall–Kier alpha value is -1.51. The summed E-state index contributed by atoms with van der Waals surface area (Å²) in [6, 6.07) is 0. The smallest absolute Gasteiger partial charge is 0.306 e. The van der Waals surface area contributed by atoms with Crippen LogP contribution in [0, 0.1) is 0 Å². The molecule has 0 saturated carbocycles. The van der Waals surface area contributed by atoms with Gasteiger partial charge in [0.05, 0.1) is 27.7 Å². The van der Waals surface area contributed by atoms with Crippen LogP contribution in [-0.2, 0) is 32.7 Å². The summed E-state index contributed by atoms with van der Waals surface area (Å²) in [5.41, 5.74) is 0. The lowest BCUT2D eigenvalue weighted by Crippen LogP contribution is -2.37. The van der Waals surface area contributed by atoms with E-state index in [1.807, 2.05) is 21.1 Å². The van der Waals surface area contributed by atoms with Crippen molar-refractivity contribution in [1.29, 1.82) is 0 Å². The van der Waals surface area contributed by atoms with Gasteiger partial charge in [0.25, 0.3) is 7.82 Å². The molecule has 0 N–H and O–H groups in total. The average Bonchev–Trinajstić information content (AvgIpc) is 2.34. The van der Waals surface area contributed by atoms with Gasteiger partial charge in [-0.15, -0.1) is 0 Å². The number of quaternary nitrogens is 1. The predicted octanol–water partition coefficient (Wildman–Crippen LogP) is 26.5. The van der Waals surface area contributed by atoms with Gasteiger partial charge < -0.3 is 27.9 Å². The topological polar surface area (TPSA) is 111 Å². The summed E-state index contributed by atoms with van der Waals surface area (Å²) in [5.74, 6) is -0.804. The van der Waals surface area contributed by atoms with Crippen LogP contribution in [0.5, 0.6) is 0 Å². The first-order valence-corrected chi connectivity index (χ1v) is 42.5. The first-order chi connectivity index (χ1) is 45.0. The van der Waals surface area contributed by atoms with Crippen LogP contribution in [0.25, 0.3) is 0 Å². The summed E-state index contributed by atoms with van der Waals surface area (Å²) >= 11 is 0. The number of rotatable bonds is 78. The number of nitrogens with zero attached hydrogens (tertiary/aromatic N) is 1. The molecule has 0 amide bonds. The van der Waals surface area contributed by atoms with Gasteiger partial charge in [-0.25, -0.2) is 0 Å². The van der Waals surface area contributed by atoms with Crippen LogP contribution in [0.2, 0.25) is 0 Å². The SMILES string of the molecule is CCCCCCCCCC/C=C\CCCCCCCCCCCCCCCCCCCCCCCCCCCC(=O)OC(COC(=O)CCCCCCCCCCCCCCCCCCCCC/C=C\CCCCCCCCCC)COP(=O)([O-])OCC[N+](C)(C)C. The van der Waals surface area contributed by atoms with Gasteiger partial charge in [0.2, 0.25) is 0 Å². The minimum atomic E-state index is -4.64. The number of phosphoric ester groups is 1. The molecule has 0 bridgehead atoms. The lowest BCUT2D eigenvalue weighted by atomic mass is 10.0. The third kappa shape index (κ3) is 77.5. The summed E-state index contributed by atoms with van der Waals surface area (Å²) in [5, 5.41) is 0. The maximum absolute atomic E-state index is 12.9. The number of ether oxygens (including phenoxy) is 2. The second-order valence-electron chi connectivity index (χ2n) is 29.5. The van der Waals surface area contributed by atoms with Crippen LogP contribution < -0.4 is 4.89 Å². The van der Waals surface area contributed by atoms with Gasteiger partial charge in [0.15, 0.2) is 6.10 Å². The molecule has 0 rings (SSSR count). The minimum Gasteiger partial charge on any atom is -0.756 e. The molecular weight excluding hydrogens is 1160 g/mol. The molecule has 10 heteroatoms. The van der Waals surface area contributed by atoms with Crippen molar-refractivity contribution in [3.63, 3.8) is 0 Å². The molecule has 0 aromatic carbocycles. The fraction of sp³-hybridized carbons (Fsp3) is 0.927. The molecule has 0 aliphatic heterocycles. The number of likely N-dealkylation sites (N-methyl/N-ethyl adjacent to an activating group) is 1. The fourth-order valence-electron chi connectivity index (χ4n) is 12.7. The molecule has 0 aliphatic carbocycles. The van der Waals surface area contributed by atoms with Gasteiger partial charge in [-0.3, -0.25) is 14.2 Å². The molecule has 0 saturated heterocycles. The third-order valence-corrected chi connectivity index (χ3v) is 19.9. The average molecular weight is 1320 g/mol. The van der Waals surface area contributed by atoms with E-state index in [9.17, 15) is 19.0 Å². The molecule has 2 atom stereocenters. The van der Waals surface area contributed by atoms with Crippen molar-refractivity contribution in [2.24, 2.45) is 0 Å². The Kier molecular flexibility index (Phi) is 72.5. The van der Waals surface area contributed by atoms with Crippen LogP contribution in [0.15, 0.2) is 24.3 Å². The van der Waals surface area contributed by atoms with E-state index in [-0.39, 0.29) is 32.0 Å². The molecule has 0 aliphatic rings. The molecule has 0 aromatic rings. The summed E-state index contributed by atoms with van der Waals surface area (Å²) in [6.45, 7) is 4.33. The number of hydrogen-bond acceptors (Lipinski definition) is 8. The molecule has 0 fully saturated rings. The highest BCUT2D eigenvalue weighted by Gasteiger charge is 2.22. The zero-order valence-electron chi connectivity index (χ0n) is 62.5. The summed E-state index contributed by atoms with van der Waals surface area (Å²) in [6.07, 6.45) is 94.6. The maximum atomic E-state index is 12.9. The Labute approximate surface area is 574 Å². The molecule has 9 nitrogen and oxygen atoms in total. The van der Waals surface area contributed by atoms with Crippen LogP contribution in [0.4, 0.5) is 0 Å². The van der Waals surface area contributed by atoms with E-state index in [1.54, 1.807) is 0 Å². The van der Waals surface area contributed by atoms with Crippen molar-refractivity contribution in [2.75, 3.05) is 47.5 Å². The highest BCUT2D eigenvalue weighted by molar-refractivity contribution is 7.45. The second-order valence-corrected chi connectivity index (χ2v) is 30.9. The van der Waals surface area contributed by atoms with E-state index < -0.39 is 26.5 Å². The van der Waals surface area contributed by atoms with E-state index in [1.165, 1.54) is 372 Å². The van der Waals surface area contributed by atoms with Crippen LogP contribution in [-0.4, -0.2) is 70.0 Å². The van der Waals surface area contributed by atoms with Crippen LogP contribution in [0.3, 0.4) is 0 Å². The molecule has 0 radical (unpaired) electrons. The zero-order chi connectivity index (χ0) is 66.9. The molecule has 2 unspecified atom stereocenters. The van der Waals surface area contributed by atoms with Crippen LogP contribution >= 0.6 is 7.82 Å². The summed E-state index contributed by atoms with van der Waals surface area (Å²) in [7, 11) is 1.19. The maximum Gasteiger partial charge on any atom is 0.306 e. The quantitative estimate of drug-likeness (QED) is 0.0195. The number of phosphoric acid groups is 1. The first-order valence-electron chi connectivity index (χ1n) is 41.0. The normalized spacial score (nSPS) is 13.1. The molecule has 546 valence electrons. The summed E-state index contributed by atoms with van der Waals surface area (Å²) in [4.78, 5) is 38.2. The molecular formula is C82H160NO8P. The Morgan fingerprint density at radius 3 is 0.804 bits per heavy atom. The number of unbranched alkanes of at least 4 members (excludes halogenated alkanes) is 60.